The Kier molecular flexibility index (Phi) is 8.30. The second-order valence-electron chi connectivity index (χ2n) is 5.92. The molecule has 154 valence electrons. The van der Waals surface area contributed by atoms with Crippen LogP contribution >= 0.6 is 23.2 Å². The number of benzene rings is 2. The van der Waals surface area contributed by atoms with E-state index in [0.29, 0.717) is 33.7 Å². The van der Waals surface area contributed by atoms with Gasteiger partial charge in [0.1, 0.15) is 12.3 Å². The van der Waals surface area contributed by atoms with Gasteiger partial charge >= 0.3 is 5.97 Å². The largest absolute Gasteiger partial charge is 0.494 e. The van der Waals surface area contributed by atoms with Crippen LogP contribution in [0.2, 0.25) is 10.0 Å². The third kappa shape index (κ3) is 7.29. The Bertz CT molecular complexity index is 867. The van der Waals surface area contributed by atoms with Crippen LogP contribution in [0.15, 0.2) is 42.5 Å². The van der Waals surface area contributed by atoms with E-state index >= 15 is 0 Å². The number of esters is 1. The average Bonchev–Trinajstić information content (AvgIpc) is 2.66. The van der Waals surface area contributed by atoms with Gasteiger partial charge in [-0.2, -0.15) is 0 Å². The van der Waals surface area contributed by atoms with Gasteiger partial charge in [-0.1, -0.05) is 23.2 Å². The van der Waals surface area contributed by atoms with Crippen LogP contribution in [0.4, 0.5) is 5.69 Å². The number of rotatable bonds is 8. The van der Waals surface area contributed by atoms with Gasteiger partial charge in [-0.25, -0.2) is 0 Å². The topological polar surface area (TPSA) is 93.7 Å². The first-order valence-corrected chi connectivity index (χ1v) is 9.51. The summed E-state index contributed by atoms with van der Waals surface area (Å²) >= 11 is 11.7. The molecule has 2 N–H and O–H groups in total. The molecule has 0 saturated carbocycles. The van der Waals surface area contributed by atoms with Crippen molar-refractivity contribution in [2.24, 2.45) is 0 Å². The molecule has 0 fully saturated rings. The predicted octanol–water partition coefficient (Wildman–Crippen LogP) is 3.69. The highest BCUT2D eigenvalue weighted by Gasteiger charge is 2.19. The number of ether oxygens (including phenoxy) is 2. The summed E-state index contributed by atoms with van der Waals surface area (Å²) in [5.74, 6) is -1.12. The zero-order valence-electron chi connectivity index (χ0n) is 15.8. The Morgan fingerprint density at radius 2 is 1.66 bits per heavy atom. The summed E-state index contributed by atoms with van der Waals surface area (Å²) in [6, 6.07) is 11.0. The molecule has 0 spiro atoms. The molecule has 0 radical (unpaired) electrons. The highest BCUT2D eigenvalue weighted by molar-refractivity contribution is 6.35. The van der Waals surface area contributed by atoms with Gasteiger partial charge in [0.15, 0.2) is 6.10 Å². The molecule has 2 amide bonds. The highest BCUT2D eigenvalue weighted by Crippen LogP contribution is 2.22. The van der Waals surface area contributed by atoms with Crippen LogP contribution in [0.25, 0.3) is 0 Å². The van der Waals surface area contributed by atoms with E-state index in [2.05, 4.69) is 10.6 Å². The van der Waals surface area contributed by atoms with Crippen LogP contribution < -0.4 is 15.4 Å². The third-order valence-corrected chi connectivity index (χ3v) is 4.06. The zero-order chi connectivity index (χ0) is 21.4. The second-order valence-corrected chi connectivity index (χ2v) is 6.79. The molecule has 0 aliphatic rings. The summed E-state index contributed by atoms with van der Waals surface area (Å²) in [6.07, 6.45) is -1.08. The van der Waals surface area contributed by atoms with Crippen molar-refractivity contribution in [3.8, 4) is 5.75 Å². The fourth-order valence-corrected chi connectivity index (χ4v) is 2.81. The summed E-state index contributed by atoms with van der Waals surface area (Å²) in [6.45, 7) is 3.41. The van der Waals surface area contributed by atoms with E-state index in [1.54, 1.807) is 24.3 Å². The number of nitrogens with one attached hydrogen (secondary N) is 2. The summed E-state index contributed by atoms with van der Waals surface area (Å²) in [5.41, 5.74) is 0.740. The lowest BCUT2D eigenvalue weighted by atomic mass is 10.2. The lowest BCUT2D eigenvalue weighted by molar-refractivity contribution is -0.152. The molecule has 1 atom stereocenters. The first-order chi connectivity index (χ1) is 13.8. The maximum absolute atomic E-state index is 12.1. The Balaban J connectivity index is 1.81. The first kappa shape index (κ1) is 22.5. The maximum Gasteiger partial charge on any atom is 0.326 e. The average molecular weight is 439 g/mol. The van der Waals surface area contributed by atoms with Crippen molar-refractivity contribution in [3.63, 3.8) is 0 Å². The van der Waals surface area contributed by atoms with Gasteiger partial charge in [-0.05, 0) is 56.3 Å². The van der Waals surface area contributed by atoms with E-state index in [-0.39, 0.29) is 6.54 Å². The van der Waals surface area contributed by atoms with Crippen LogP contribution in [-0.2, 0) is 14.3 Å². The Labute approximate surface area is 178 Å². The number of carbonyl (C=O) groups is 3. The zero-order valence-corrected chi connectivity index (χ0v) is 17.3. The van der Waals surface area contributed by atoms with E-state index in [1.807, 2.05) is 6.92 Å². The van der Waals surface area contributed by atoms with Crippen molar-refractivity contribution in [2.75, 3.05) is 18.5 Å². The molecule has 0 aliphatic carbocycles. The standard InChI is InChI=1S/C20H20Cl2N2O5/c1-3-28-17-6-4-13(5-7-17)20(27)23-11-18(25)29-12(2)19(26)24-16-9-14(21)8-15(22)10-16/h4-10,12H,3,11H2,1-2H3,(H,23,27)(H,24,26)/t12-/m1/s1. The van der Waals surface area contributed by atoms with Crippen molar-refractivity contribution in [3.05, 3.63) is 58.1 Å². The molecule has 0 unspecified atom stereocenters. The van der Waals surface area contributed by atoms with Crippen LogP contribution in [0.1, 0.15) is 24.2 Å². The van der Waals surface area contributed by atoms with Gasteiger partial charge in [0.25, 0.3) is 11.8 Å². The number of carbonyl (C=O) groups excluding carboxylic acids is 3. The molecule has 0 aromatic heterocycles. The molecule has 7 nitrogen and oxygen atoms in total. The maximum atomic E-state index is 12.1. The van der Waals surface area contributed by atoms with E-state index < -0.39 is 23.9 Å². The molecule has 2 aromatic rings. The summed E-state index contributed by atoms with van der Waals surface area (Å²) in [4.78, 5) is 36.1. The van der Waals surface area contributed by atoms with Crippen molar-refractivity contribution in [1.29, 1.82) is 0 Å². The lowest BCUT2D eigenvalue weighted by Crippen LogP contribution is -2.35. The van der Waals surface area contributed by atoms with E-state index in [1.165, 1.54) is 25.1 Å². The van der Waals surface area contributed by atoms with Crippen molar-refractivity contribution < 1.29 is 23.9 Å². The molecule has 0 aliphatic heterocycles. The van der Waals surface area contributed by atoms with Gasteiger partial charge in [0.05, 0.1) is 6.61 Å². The summed E-state index contributed by atoms with van der Waals surface area (Å²) in [7, 11) is 0. The molecule has 0 saturated heterocycles. The van der Waals surface area contributed by atoms with Gasteiger partial charge < -0.3 is 20.1 Å². The first-order valence-electron chi connectivity index (χ1n) is 8.76. The van der Waals surface area contributed by atoms with Crippen molar-refractivity contribution in [1.82, 2.24) is 5.32 Å². The fourth-order valence-electron chi connectivity index (χ4n) is 2.29. The van der Waals surface area contributed by atoms with Gasteiger partial charge in [-0.15, -0.1) is 0 Å². The van der Waals surface area contributed by atoms with Crippen molar-refractivity contribution >= 4 is 46.7 Å². The summed E-state index contributed by atoms with van der Waals surface area (Å²) < 4.78 is 10.3. The van der Waals surface area contributed by atoms with E-state index in [9.17, 15) is 14.4 Å². The SMILES string of the molecule is CCOc1ccc(C(=O)NCC(=O)O[C@H](C)C(=O)Nc2cc(Cl)cc(Cl)c2)cc1. The van der Waals surface area contributed by atoms with Gasteiger partial charge in [-0.3, -0.25) is 14.4 Å². The minimum atomic E-state index is -1.08. The minimum Gasteiger partial charge on any atom is -0.494 e. The third-order valence-electron chi connectivity index (χ3n) is 3.63. The molecule has 0 bridgehead atoms. The van der Waals surface area contributed by atoms with Crippen LogP contribution in [0, 0.1) is 0 Å². The Hall–Kier alpha value is -2.77. The molecule has 9 heteroatoms. The highest BCUT2D eigenvalue weighted by atomic mass is 35.5. The van der Waals surface area contributed by atoms with Crippen molar-refractivity contribution in [2.45, 2.75) is 20.0 Å². The quantitative estimate of drug-likeness (QED) is 0.612. The smallest absolute Gasteiger partial charge is 0.326 e. The normalized spacial score (nSPS) is 11.3. The Morgan fingerprint density at radius 3 is 2.24 bits per heavy atom. The number of hydrogen-bond donors (Lipinski definition) is 2. The molecule has 2 rings (SSSR count). The molecular formula is C20H20Cl2N2O5. The van der Waals surface area contributed by atoms with Gasteiger partial charge in [0, 0.05) is 21.3 Å². The van der Waals surface area contributed by atoms with Crippen LogP contribution in [0.5, 0.6) is 5.75 Å². The summed E-state index contributed by atoms with van der Waals surface area (Å²) in [5, 5.41) is 5.70. The van der Waals surface area contributed by atoms with E-state index in [0.717, 1.165) is 0 Å². The van der Waals surface area contributed by atoms with E-state index in [4.69, 9.17) is 32.7 Å². The number of halogens is 2. The molecule has 29 heavy (non-hydrogen) atoms. The number of hydrogen-bond acceptors (Lipinski definition) is 5. The molecular weight excluding hydrogens is 419 g/mol. The lowest BCUT2D eigenvalue weighted by Gasteiger charge is -2.14. The fraction of sp³-hybridized carbons (Fsp3) is 0.250. The van der Waals surface area contributed by atoms with Crippen LogP contribution in [-0.4, -0.2) is 37.0 Å². The predicted molar refractivity (Wildman–Crippen MR) is 111 cm³/mol. The number of anilines is 1. The minimum absolute atomic E-state index is 0.356. The second kappa shape index (κ2) is 10.7. The number of amides is 2. The monoisotopic (exact) mass is 438 g/mol. The van der Waals surface area contributed by atoms with Gasteiger partial charge in [0.2, 0.25) is 0 Å². The van der Waals surface area contributed by atoms with Crippen LogP contribution in [0.3, 0.4) is 0 Å². The Morgan fingerprint density at radius 1 is 1.03 bits per heavy atom. The molecule has 0 heterocycles. The molecule has 2 aromatic carbocycles.